The molecule has 1 atom stereocenters. The lowest BCUT2D eigenvalue weighted by molar-refractivity contribution is -0.761. The molecule has 1 unspecified atom stereocenters. The average Bonchev–Trinajstić information content (AvgIpc) is 2.29. The van der Waals surface area contributed by atoms with Crippen molar-refractivity contribution in [2.75, 3.05) is 6.54 Å². The third-order valence-corrected chi connectivity index (χ3v) is 2.50. The van der Waals surface area contributed by atoms with Gasteiger partial charge in [-0.2, -0.15) is 0 Å². The van der Waals surface area contributed by atoms with Crippen molar-refractivity contribution >= 4 is 5.91 Å². The molecule has 0 fully saturated rings. The van der Waals surface area contributed by atoms with Gasteiger partial charge in [0.1, 0.15) is 6.20 Å². The Morgan fingerprint density at radius 1 is 1.06 bits per heavy atom. The molecule has 84 valence electrons. The van der Waals surface area contributed by atoms with Crippen LogP contribution in [0.4, 0.5) is 0 Å². The SMILES string of the molecule is O=C1C=CC=C[NH+]1CCc1ccccc1.[Br-]. The summed E-state index contributed by atoms with van der Waals surface area (Å²) < 4.78 is 0. The first-order valence-electron chi connectivity index (χ1n) is 5.15. The quantitative estimate of drug-likeness (QED) is 0.662. The van der Waals surface area contributed by atoms with Crippen LogP contribution in [0.2, 0.25) is 0 Å². The van der Waals surface area contributed by atoms with Gasteiger partial charge in [-0.15, -0.1) is 0 Å². The Hall–Kier alpha value is -1.19. The van der Waals surface area contributed by atoms with Crippen LogP contribution in [0.1, 0.15) is 5.56 Å². The molecule has 1 amide bonds. The lowest BCUT2D eigenvalue weighted by atomic mass is 10.1. The number of carbonyl (C=O) groups excluding carboxylic acids is 1. The smallest absolute Gasteiger partial charge is 0.341 e. The summed E-state index contributed by atoms with van der Waals surface area (Å²) in [5.74, 6) is 0.147. The van der Waals surface area contributed by atoms with Gasteiger partial charge in [0, 0.05) is 12.5 Å². The van der Waals surface area contributed by atoms with E-state index in [0.717, 1.165) is 17.9 Å². The largest absolute Gasteiger partial charge is 1.00 e. The second-order valence-electron chi connectivity index (χ2n) is 3.59. The van der Waals surface area contributed by atoms with Crippen LogP contribution < -0.4 is 21.9 Å². The fraction of sp³-hybridized carbons (Fsp3) is 0.154. The van der Waals surface area contributed by atoms with Crippen molar-refractivity contribution in [3.05, 3.63) is 60.3 Å². The molecular weight excluding hydrogens is 266 g/mol. The van der Waals surface area contributed by atoms with E-state index in [1.54, 1.807) is 12.2 Å². The summed E-state index contributed by atoms with van der Waals surface area (Å²) >= 11 is 0. The highest BCUT2D eigenvalue weighted by atomic mass is 79.9. The molecule has 0 bridgehead atoms. The van der Waals surface area contributed by atoms with Crippen LogP contribution in [0.3, 0.4) is 0 Å². The summed E-state index contributed by atoms with van der Waals surface area (Å²) in [4.78, 5) is 12.3. The number of allylic oxidation sites excluding steroid dienone is 2. The molecule has 1 aromatic carbocycles. The van der Waals surface area contributed by atoms with Crippen molar-refractivity contribution < 1.29 is 26.7 Å². The number of hydrogen-bond acceptors (Lipinski definition) is 1. The Balaban J connectivity index is 0.00000128. The summed E-state index contributed by atoms with van der Waals surface area (Å²) in [7, 11) is 0. The summed E-state index contributed by atoms with van der Waals surface area (Å²) in [6.45, 7) is 0.823. The van der Waals surface area contributed by atoms with E-state index in [4.69, 9.17) is 0 Å². The summed E-state index contributed by atoms with van der Waals surface area (Å²) in [6.07, 6.45) is 8.17. The van der Waals surface area contributed by atoms with Gasteiger partial charge in [-0.05, 0) is 17.7 Å². The number of nitrogens with one attached hydrogen (secondary N) is 1. The van der Waals surface area contributed by atoms with Gasteiger partial charge in [0.05, 0.1) is 6.54 Å². The molecule has 2 rings (SSSR count). The molecule has 1 N–H and O–H groups in total. The molecule has 1 aliphatic heterocycles. The Morgan fingerprint density at radius 3 is 2.50 bits per heavy atom. The monoisotopic (exact) mass is 279 g/mol. The fourth-order valence-electron chi connectivity index (χ4n) is 1.63. The lowest BCUT2D eigenvalue weighted by Crippen LogP contribution is -3.10. The Bertz CT molecular complexity index is 398. The number of halogens is 1. The zero-order valence-electron chi connectivity index (χ0n) is 8.90. The predicted molar refractivity (Wildman–Crippen MR) is 59.3 cm³/mol. The maximum Gasteiger partial charge on any atom is 0.341 e. The first kappa shape index (κ1) is 12.9. The standard InChI is InChI=1S/C13H13NO.BrH/c15-13-8-4-5-10-14(13)11-9-12-6-2-1-3-7-12;/h1-8,10H,9,11H2;1H. The maximum absolute atomic E-state index is 11.4. The van der Waals surface area contributed by atoms with Crippen LogP contribution in [-0.2, 0) is 11.2 Å². The van der Waals surface area contributed by atoms with E-state index >= 15 is 0 Å². The molecule has 1 heterocycles. The topological polar surface area (TPSA) is 21.5 Å². The highest BCUT2D eigenvalue weighted by Gasteiger charge is 2.15. The minimum absolute atomic E-state index is 0. The van der Waals surface area contributed by atoms with Gasteiger partial charge in [-0.3, -0.25) is 0 Å². The first-order valence-corrected chi connectivity index (χ1v) is 5.15. The van der Waals surface area contributed by atoms with Gasteiger partial charge in [-0.1, -0.05) is 30.3 Å². The lowest BCUT2D eigenvalue weighted by Gasteiger charge is -2.11. The van der Waals surface area contributed by atoms with E-state index in [9.17, 15) is 4.79 Å². The first-order chi connectivity index (χ1) is 7.36. The molecule has 0 aliphatic carbocycles. The van der Waals surface area contributed by atoms with Crippen LogP contribution in [0.15, 0.2) is 54.8 Å². The van der Waals surface area contributed by atoms with Crippen molar-refractivity contribution in [3.63, 3.8) is 0 Å². The minimum Gasteiger partial charge on any atom is -1.00 e. The summed E-state index contributed by atoms with van der Waals surface area (Å²) in [6, 6.07) is 10.2. The molecule has 2 nitrogen and oxygen atoms in total. The second-order valence-corrected chi connectivity index (χ2v) is 3.59. The zero-order chi connectivity index (χ0) is 10.5. The molecule has 0 aromatic heterocycles. The molecule has 1 aromatic rings. The van der Waals surface area contributed by atoms with E-state index in [-0.39, 0.29) is 22.9 Å². The molecular formula is C13H14BrNO. The van der Waals surface area contributed by atoms with E-state index < -0.39 is 0 Å². The molecule has 0 saturated heterocycles. The van der Waals surface area contributed by atoms with E-state index in [2.05, 4.69) is 12.1 Å². The molecule has 0 spiro atoms. The minimum atomic E-state index is 0. The van der Waals surface area contributed by atoms with Crippen LogP contribution in [0.25, 0.3) is 0 Å². The van der Waals surface area contributed by atoms with Gasteiger partial charge >= 0.3 is 5.91 Å². The van der Waals surface area contributed by atoms with Gasteiger partial charge in [0.2, 0.25) is 0 Å². The molecule has 3 heteroatoms. The number of hydrogen-bond donors (Lipinski definition) is 1. The molecule has 1 aliphatic rings. The Morgan fingerprint density at radius 2 is 1.81 bits per heavy atom. The van der Waals surface area contributed by atoms with Crippen molar-refractivity contribution in [2.24, 2.45) is 0 Å². The van der Waals surface area contributed by atoms with Crippen molar-refractivity contribution in [3.8, 4) is 0 Å². The third kappa shape index (κ3) is 3.43. The van der Waals surface area contributed by atoms with Crippen LogP contribution in [-0.4, -0.2) is 12.5 Å². The number of carbonyl (C=O) groups is 1. The van der Waals surface area contributed by atoms with Crippen molar-refractivity contribution in [1.29, 1.82) is 0 Å². The number of amides is 1. The highest BCUT2D eigenvalue weighted by molar-refractivity contribution is 5.81. The zero-order valence-corrected chi connectivity index (χ0v) is 10.5. The summed E-state index contributed by atoms with van der Waals surface area (Å²) in [5.41, 5.74) is 1.28. The van der Waals surface area contributed by atoms with Gasteiger partial charge < -0.3 is 17.0 Å². The Kier molecular flexibility index (Phi) is 5.15. The second kappa shape index (κ2) is 6.40. The van der Waals surface area contributed by atoms with Gasteiger partial charge in [0.15, 0.2) is 0 Å². The number of benzene rings is 1. The molecule has 0 radical (unpaired) electrons. The van der Waals surface area contributed by atoms with Gasteiger partial charge in [-0.25, -0.2) is 9.69 Å². The van der Waals surface area contributed by atoms with Crippen LogP contribution in [0.5, 0.6) is 0 Å². The third-order valence-electron chi connectivity index (χ3n) is 2.50. The predicted octanol–water partition coefficient (Wildman–Crippen LogP) is -2.27. The molecule has 0 saturated carbocycles. The average molecular weight is 280 g/mol. The van der Waals surface area contributed by atoms with Gasteiger partial charge in [0.25, 0.3) is 0 Å². The highest BCUT2D eigenvalue weighted by Crippen LogP contribution is 1.97. The van der Waals surface area contributed by atoms with E-state index in [1.807, 2.05) is 30.5 Å². The number of rotatable bonds is 3. The number of quaternary nitrogens is 1. The fourth-order valence-corrected chi connectivity index (χ4v) is 1.63. The van der Waals surface area contributed by atoms with Crippen LogP contribution >= 0.6 is 0 Å². The van der Waals surface area contributed by atoms with E-state index in [0.29, 0.717) is 0 Å². The van der Waals surface area contributed by atoms with Crippen LogP contribution in [0, 0.1) is 0 Å². The van der Waals surface area contributed by atoms with Crippen molar-refractivity contribution in [1.82, 2.24) is 0 Å². The molecule has 16 heavy (non-hydrogen) atoms. The maximum atomic E-state index is 11.4. The van der Waals surface area contributed by atoms with E-state index in [1.165, 1.54) is 5.56 Å². The summed E-state index contributed by atoms with van der Waals surface area (Å²) in [5, 5.41) is 0. The van der Waals surface area contributed by atoms with Crippen molar-refractivity contribution in [2.45, 2.75) is 6.42 Å². The Labute approximate surface area is 106 Å². The normalized spacial score (nSPS) is 18.2.